The number of benzene rings is 1. The van der Waals surface area contributed by atoms with Crippen LogP contribution in [0.1, 0.15) is 33.3 Å². The minimum absolute atomic E-state index is 0.247. The largest absolute Gasteiger partial charge is 0.372 e. The number of rotatable bonds is 5. The van der Waals surface area contributed by atoms with E-state index in [0.29, 0.717) is 5.92 Å². The van der Waals surface area contributed by atoms with Gasteiger partial charge in [-0.1, -0.05) is 31.5 Å². The highest BCUT2D eigenvalue weighted by Gasteiger charge is 2.23. The second-order valence-corrected chi connectivity index (χ2v) is 6.88. The number of halogens is 1. The summed E-state index contributed by atoms with van der Waals surface area (Å²) in [7, 11) is 0. The van der Waals surface area contributed by atoms with Crippen LogP contribution >= 0.6 is 11.6 Å². The molecule has 2 rings (SSSR count). The molecular weight excluding hydrogens is 284 g/mol. The Morgan fingerprint density at radius 2 is 1.95 bits per heavy atom. The number of ether oxygens (including phenoxy) is 1. The zero-order valence-electron chi connectivity index (χ0n) is 13.5. The summed E-state index contributed by atoms with van der Waals surface area (Å²) >= 11 is 6.49. The predicted molar refractivity (Wildman–Crippen MR) is 90.2 cm³/mol. The summed E-state index contributed by atoms with van der Waals surface area (Å²) in [5, 5.41) is 4.28. The van der Waals surface area contributed by atoms with Crippen molar-refractivity contribution in [1.82, 2.24) is 5.32 Å². The molecule has 0 aliphatic carbocycles. The van der Waals surface area contributed by atoms with Gasteiger partial charge < -0.3 is 15.0 Å². The fourth-order valence-corrected chi connectivity index (χ4v) is 3.12. The fourth-order valence-electron chi connectivity index (χ4n) is 2.80. The third kappa shape index (κ3) is 4.87. The Balaban J connectivity index is 2.01. The zero-order valence-corrected chi connectivity index (χ0v) is 14.3. The molecule has 0 spiro atoms. The minimum atomic E-state index is 0.247. The number of hydrogen-bond acceptors (Lipinski definition) is 3. The van der Waals surface area contributed by atoms with Crippen LogP contribution in [0.15, 0.2) is 18.2 Å². The lowest BCUT2D eigenvalue weighted by molar-refractivity contribution is -0.00520. The van der Waals surface area contributed by atoms with Crippen LogP contribution in [0.25, 0.3) is 0 Å². The maximum atomic E-state index is 6.49. The molecule has 1 aliphatic rings. The summed E-state index contributed by atoms with van der Waals surface area (Å²) in [5.74, 6) is 0.663. The fraction of sp³-hybridized carbons (Fsp3) is 0.647. The van der Waals surface area contributed by atoms with Crippen molar-refractivity contribution in [2.45, 2.75) is 46.4 Å². The second kappa shape index (κ2) is 7.48. The summed E-state index contributed by atoms with van der Waals surface area (Å²) in [6.07, 6.45) is 0.495. The molecule has 0 radical (unpaired) electrons. The molecule has 1 aliphatic heterocycles. The van der Waals surface area contributed by atoms with Gasteiger partial charge in [0.05, 0.1) is 22.9 Å². The summed E-state index contributed by atoms with van der Waals surface area (Å²) < 4.78 is 5.78. The molecule has 0 aromatic heterocycles. The van der Waals surface area contributed by atoms with Gasteiger partial charge in [-0.25, -0.2) is 0 Å². The molecule has 2 unspecified atom stereocenters. The van der Waals surface area contributed by atoms with Crippen LogP contribution < -0.4 is 10.2 Å². The van der Waals surface area contributed by atoms with Gasteiger partial charge in [0.1, 0.15) is 0 Å². The normalized spacial score (nSPS) is 22.9. The third-order valence-electron chi connectivity index (χ3n) is 3.65. The van der Waals surface area contributed by atoms with E-state index >= 15 is 0 Å². The van der Waals surface area contributed by atoms with Crippen LogP contribution in [0.4, 0.5) is 5.69 Å². The molecule has 1 N–H and O–H groups in total. The first-order chi connectivity index (χ1) is 9.95. The van der Waals surface area contributed by atoms with Crippen molar-refractivity contribution in [3.8, 4) is 0 Å². The van der Waals surface area contributed by atoms with Crippen LogP contribution in [-0.4, -0.2) is 31.8 Å². The molecule has 0 saturated carbocycles. The minimum Gasteiger partial charge on any atom is -0.372 e. The van der Waals surface area contributed by atoms with Crippen LogP contribution in [0.2, 0.25) is 5.02 Å². The van der Waals surface area contributed by atoms with Crippen LogP contribution in [0.5, 0.6) is 0 Å². The Hall–Kier alpha value is -0.770. The Bertz CT molecular complexity index is 454. The Morgan fingerprint density at radius 3 is 2.52 bits per heavy atom. The van der Waals surface area contributed by atoms with Crippen molar-refractivity contribution in [1.29, 1.82) is 0 Å². The van der Waals surface area contributed by atoms with E-state index in [1.807, 2.05) is 0 Å². The van der Waals surface area contributed by atoms with E-state index < -0.39 is 0 Å². The highest BCUT2D eigenvalue weighted by Crippen LogP contribution is 2.29. The second-order valence-electron chi connectivity index (χ2n) is 6.47. The van der Waals surface area contributed by atoms with Gasteiger partial charge in [-0.2, -0.15) is 0 Å². The van der Waals surface area contributed by atoms with Gasteiger partial charge in [0.2, 0.25) is 0 Å². The van der Waals surface area contributed by atoms with Crippen molar-refractivity contribution in [3.63, 3.8) is 0 Å². The summed E-state index contributed by atoms with van der Waals surface area (Å²) in [6.45, 7) is 12.3. The standard InChI is InChI=1S/C17H27ClN2O/c1-12(2)8-19-9-15-5-6-17(16(18)7-15)20-10-13(3)21-14(4)11-20/h5-7,12-14,19H,8-11H2,1-4H3. The van der Waals surface area contributed by atoms with Gasteiger partial charge in [-0.15, -0.1) is 0 Å². The van der Waals surface area contributed by atoms with E-state index in [1.165, 1.54) is 5.56 Å². The van der Waals surface area contributed by atoms with Gasteiger partial charge in [-0.3, -0.25) is 0 Å². The van der Waals surface area contributed by atoms with E-state index in [1.54, 1.807) is 0 Å². The van der Waals surface area contributed by atoms with Crippen LogP contribution in [0.3, 0.4) is 0 Å². The molecule has 1 saturated heterocycles. The molecule has 21 heavy (non-hydrogen) atoms. The average molecular weight is 311 g/mol. The monoisotopic (exact) mass is 310 g/mol. The lowest BCUT2D eigenvalue weighted by Crippen LogP contribution is -2.45. The highest BCUT2D eigenvalue weighted by molar-refractivity contribution is 6.33. The molecule has 1 heterocycles. The van der Waals surface area contributed by atoms with Gasteiger partial charge >= 0.3 is 0 Å². The van der Waals surface area contributed by atoms with E-state index in [0.717, 1.165) is 36.9 Å². The SMILES string of the molecule is CC(C)CNCc1ccc(N2CC(C)OC(C)C2)c(Cl)c1. The molecular formula is C17H27ClN2O. The van der Waals surface area contributed by atoms with Crippen LogP contribution in [-0.2, 0) is 11.3 Å². The smallest absolute Gasteiger partial charge is 0.0726 e. The Morgan fingerprint density at radius 1 is 1.29 bits per heavy atom. The molecule has 0 amide bonds. The lowest BCUT2D eigenvalue weighted by atomic mass is 10.1. The number of nitrogens with zero attached hydrogens (tertiary/aromatic N) is 1. The van der Waals surface area contributed by atoms with Crippen molar-refractivity contribution >= 4 is 17.3 Å². The molecule has 1 aromatic rings. The number of anilines is 1. The summed E-state index contributed by atoms with van der Waals surface area (Å²) in [6, 6.07) is 6.38. The van der Waals surface area contributed by atoms with Gasteiger partial charge in [-0.05, 0) is 44.0 Å². The first-order valence-corrected chi connectivity index (χ1v) is 8.23. The quantitative estimate of drug-likeness (QED) is 0.897. The number of hydrogen-bond donors (Lipinski definition) is 1. The third-order valence-corrected chi connectivity index (χ3v) is 3.96. The maximum absolute atomic E-state index is 6.49. The highest BCUT2D eigenvalue weighted by atomic mass is 35.5. The van der Waals surface area contributed by atoms with E-state index in [-0.39, 0.29) is 12.2 Å². The predicted octanol–water partition coefficient (Wildman–Crippen LogP) is 3.70. The van der Waals surface area contributed by atoms with E-state index in [9.17, 15) is 0 Å². The lowest BCUT2D eigenvalue weighted by Gasteiger charge is -2.37. The van der Waals surface area contributed by atoms with Crippen molar-refractivity contribution in [2.75, 3.05) is 24.5 Å². The van der Waals surface area contributed by atoms with E-state index in [2.05, 4.69) is 56.1 Å². The molecule has 4 heteroatoms. The first kappa shape index (κ1) is 16.6. The molecule has 1 aromatic carbocycles. The first-order valence-electron chi connectivity index (χ1n) is 7.85. The Kier molecular flexibility index (Phi) is 5.91. The zero-order chi connectivity index (χ0) is 15.4. The van der Waals surface area contributed by atoms with Crippen molar-refractivity contribution in [3.05, 3.63) is 28.8 Å². The molecule has 3 nitrogen and oxygen atoms in total. The number of morpholine rings is 1. The van der Waals surface area contributed by atoms with Crippen LogP contribution in [0, 0.1) is 5.92 Å². The Labute approximate surface area is 133 Å². The number of nitrogens with one attached hydrogen (secondary N) is 1. The molecule has 2 atom stereocenters. The molecule has 1 fully saturated rings. The average Bonchev–Trinajstić information content (AvgIpc) is 2.37. The van der Waals surface area contributed by atoms with Crippen molar-refractivity contribution in [2.24, 2.45) is 5.92 Å². The van der Waals surface area contributed by atoms with Gasteiger partial charge in [0, 0.05) is 19.6 Å². The summed E-state index contributed by atoms with van der Waals surface area (Å²) in [5.41, 5.74) is 2.35. The molecule has 118 valence electrons. The van der Waals surface area contributed by atoms with E-state index in [4.69, 9.17) is 16.3 Å². The topological polar surface area (TPSA) is 24.5 Å². The van der Waals surface area contributed by atoms with Gasteiger partial charge in [0.25, 0.3) is 0 Å². The summed E-state index contributed by atoms with van der Waals surface area (Å²) in [4.78, 5) is 2.33. The van der Waals surface area contributed by atoms with Crippen molar-refractivity contribution < 1.29 is 4.74 Å². The van der Waals surface area contributed by atoms with Gasteiger partial charge in [0.15, 0.2) is 0 Å². The molecule has 0 bridgehead atoms. The maximum Gasteiger partial charge on any atom is 0.0726 e.